The van der Waals surface area contributed by atoms with Crippen molar-refractivity contribution >= 4 is 11.9 Å². The van der Waals surface area contributed by atoms with Crippen molar-refractivity contribution in [3.63, 3.8) is 0 Å². The largest absolute Gasteiger partial charge is 0.481 e. The molecule has 0 aliphatic heterocycles. The summed E-state index contributed by atoms with van der Waals surface area (Å²) in [7, 11) is 0. The van der Waals surface area contributed by atoms with Crippen LogP contribution in [0.15, 0.2) is 24.3 Å². The predicted molar refractivity (Wildman–Crippen MR) is 167 cm³/mol. The summed E-state index contributed by atoms with van der Waals surface area (Å²) >= 11 is 0. The topological polar surface area (TPSA) is 63.6 Å². The number of allylic oxidation sites excluding steroid dienone is 4. The Labute approximate surface area is 242 Å². The molecule has 1 N–H and O–H groups in total. The number of hydrogen-bond donors (Lipinski definition) is 1. The molecule has 4 heteroatoms. The van der Waals surface area contributed by atoms with Gasteiger partial charge in [-0.25, -0.2) is 0 Å². The number of carboxylic acids is 1. The molecular formula is C35H64O4. The van der Waals surface area contributed by atoms with E-state index in [-0.39, 0.29) is 12.1 Å². The van der Waals surface area contributed by atoms with Crippen LogP contribution in [0, 0.1) is 0 Å². The summed E-state index contributed by atoms with van der Waals surface area (Å²) in [5.74, 6) is -0.699. The van der Waals surface area contributed by atoms with E-state index >= 15 is 0 Å². The Balaban J connectivity index is 3.36. The van der Waals surface area contributed by atoms with E-state index in [2.05, 4.69) is 31.2 Å². The Morgan fingerprint density at radius 3 is 1.54 bits per heavy atom. The molecule has 1 atom stereocenters. The standard InChI is InChI=1S/C35H64O4/c1-3-4-5-6-7-8-9-10-11-12-13-14-15-20-23-26-29-32-35(38)39-33(2)30-27-24-21-18-16-17-19-22-25-28-31-34(36)37/h7-8,10-11,33H,3-6,9,12-32H2,1-2H3,(H,36,37)/b8-7-,11-10-. The molecule has 0 aromatic heterocycles. The van der Waals surface area contributed by atoms with E-state index in [9.17, 15) is 9.59 Å². The second-order valence-electron chi connectivity index (χ2n) is 11.5. The summed E-state index contributed by atoms with van der Waals surface area (Å²) in [5.41, 5.74) is 0. The highest BCUT2D eigenvalue weighted by molar-refractivity contribution is 5.69. The number of hydrogen-bond acceptors (Lipinski definition) is 3. The number of esters is 1. The van der Waals surface area contributed by atoms with Crippen molar-refractivity contribution in [1.82, 2.24) is 0 Å². The second kappa shape index (κ2) is 31.0. The van der Waals surface area contributed by atoms with Gasteiger partial charge in [0.15, 0.2) is 0 Å². The molecule has 1 unspecified atom stereocenters. The monoisotopic (exact) mass is 548 g/mol. The van der Waals surface area contributed by atoms with E-state index in [1.165, 1.54) is 103 Å². The van der Waals surface area contributed by atoms with Crippen LogP contribution in [0.1, 0.15) is 181 Å². The molecule has 0 bridgehead atoms. The summed E-state index contributed by atoms with van der Waals surface area (Å²) in [4.78, 5) is 22.6. The van der Waals surface area contributed by atoms with Gasteiger partial charge in [-0.15, -0.1) is 0 Å². The molecule has 39 heavy (non-hydrogen) atoms. The van der Waals surface area contributed by atoms with Crippen molar-refractivity contribution in [3.05, 3.63) is 24.3 Å². The van der Waals surface area contributed by atoms with Gasteiger partial charge in [-0.3, -0.25) is 9.59 Å². The van der Waals surface area contributed by atoms with Crippen molar-refractivity contribution in [2.24, 2.45) is 0 Å². The zero-order valence-electron chi connectivity index (χ0n) is 25.9. The summed E-state index contributed by atoms with van der Waals surface area (Å²) in [5, 5.41) is 8.63. The first kappa shape index (κ1) is 37.4. The van der Waals surface area contributed by atoms with E-state index < -0.39 is 5.97 Å². The first-order valence-corrected chi connectivity index (χ1v) is 16.8. The van der Waals surface area contributed by atoms with Crippen molar-refractivity contribution in [2.45, 2.75) is 187 Å². The smallest absolute Gasteiger partial charge is 0.306 e. The minimum atomic E-state index is -0.679. The number of carbonyl (C=O) groups is 2. The minimum Gasteiger partial charge on any atom is -0.481 e. The lowest BCUT2D eigenvalue weighted by atomic mass is 10.0. The summed E-state index contributed by atoms with van der Waals surface area (Å²) < 4.78 is 5.60. The van der Waals surface area contributed by atoms with Gasteiger partial charge in [0.1, 0.15) is 0 Å². The van der Waals surface area contributed by atoms with Crippen molar-refractivity contribution in [2.75, 3.05) is 0 Å². The maximum absolute atomic E-state index is 12.1. The van der Waals surface area contributed by atoms with Crippen LogP contribution in [0.25, 0.3) is 0 Å². The average Bonchev–Trinajstić information content (AvgIpc) is 2.90. The van der Waals surface area contributed by atoms with Crippen molar-refractivity contribution in [1.29, 1.82) is 0 Å². The number of ether oxygens (including phenoxy) is 1. The summed E-state index contributed by atoms with van der Waals surface area (Å²) in [6, 6.07) is 0. The molecule has 0 heterocycles. The zero-order chi connectivity index (χ0) is 28.7. The molecule has 0 saturated heterocycles. The predicted octanol–water partition coefficient (Wildman–Crippen LogP) is 11.3. The fraction of sp³-hybridized carbons (Fsp3) is 0.829. The number of aliphatic carboxylic acids is 1. The third-order valence-electron chi connectivity index (χ3n) is 7.42. The maximum Gasteiger partial charge on any atom is 0.306 e. The fourth-order valence-corrected chi connectivity index (χ4v) is 4.90. The molecule has 0 fully saturated rings. The van der Waals surface area contributed by atoms with Crippen LogP contribution in [-0.4, -0.2) is 23.1 Å². The molecule has 0 rings (SSSR count). The van der Waals surface area contributed by atoms with Gasteiger partial charge in [0.2, 0.25) is 0 Å². The normalized spacial score (nSPS) is 12.5. The zero-order valence-corrected chi connectivity index (χ0v) is 25.9. The summed E-state index contributed by atoms with van der Waals surface area (Å²) in [6.45, 7) is 4.28. The molecule has 0 amide bonds. The van der Waals surface area contributed by atoms with Crippen LogP contribution in [0.4, 0.5) is 0 Å². The number of carbonyl (C=O) groups excluding carboxylic acids is 1. The van der Waals surface area contributed by atoms with E-state index in [0.29, 0.717) is 12.8 Å². The third kappa shape index (κ3) is 32.5. The van der Waals surface area contributed by atoms with Gasteiger partial charge in [0, 0.05) is 12.8 Å². The fourth-order valence-electron chi connectivity index (χ4n) is 4.90. The Morgan fingerprint density at radius 1 is 0.590 bits per heavy atom. The van der Waals surface area contributed by atoms with Gasteiger partial charge < -0.3 is 9.84 Å². The molecule has 0 aromatic carbocycles. The van der Waals surface area contributed by atoms with Gasteiger partial charge in [-0.1, -0.05) is 128 Å². The number of carboxylic acid groups (broad SMARTS) is 1. The SMILES string of the molecule is CCCCC/C=C\C/C=C\CCCCCCCCCC(=O)OC(C)CCCCCCCCCCCCC(=O)O. The second-order valence-corrected chi connectivity index (χ2v) is 11.5. The van der Waals surface area contributed by atoms with Gasteiger partial charge in [0.05, 0.1) is 6.10 Å². The van der Waals surface area contributed by atoms with Crippen LogP contribution in [0.3, 0.4) is 0 Å². The van der Waals surface area contributed by atoms with Crippen LogP contribution >= 0.6 is 0 Å². The van der Waals surface area contributed by atoms with Crippen molar-refractivity contribution in [3.8, 4) is 0 Å². The van der Waals surface area contributed by atoms with Crippen molar-refractivity contribution < 1.29 is 19.4 Å². The molecule has 0 aromatic rings. The van der Waals surface area contributed by atoms with E-state index in [1.807, 2.05) is 6.92 Å². The Hall–Kier alpha value is -1.58. The lowest BCUT2D eigenvalue weighted by Gasteiger charge is -2.13. The van der Waals surface area contributed by atoms with E-state index in [1.54, 1.807) is 0 Å². The molecule has 0 saturated carbocycles. The molecule has 0 radical (unpaired) electrons. The van der Waals surface area contributed by atoms with Crippen LogP contribution in [-0.2, 0) is 14.3 Å². The molecule has 4 nitrogen and oxygen atoms in total. The van der Waals surface area contributed by atoms with Crippen LogP contribution < -0.4 is 0 Å². The number of rotatable bonds is 30. The Kier molecular flexibility index (Phi) is 29.7. The van der Waals surface area contributed by atoms with Gasteiger partial charge >= 0.3 is 11.9 Å². The first-order chi connectivity index (χ1) is 19.1. The third-order valence-corrected chi connectivity index (χ3v) is 7.42. The quantitative estimate of drug-likeness (QED) is 0.0550. The average molecular weight is 549 g/mol. The highest BCUT2D eigenvalue weighted by Gasteiger charge is 2.09. The summed E-state index contributed by atoms with van der Waals surface area (Å²) in [6.07, 6.45) is 38.8. The first-order valence-electron chi connectivity index (χ1n) is 16.8. The molecular weight excluding hydrogens is 484 g/mol. The van der Waals surface area contributed by atoms with Gasteiger partial charge in [-0.2, -0.15) is 0 Å². The Morgan fingerprint density at radius 2 is 1.03 bits per heavy atom. The van der Waals surface area contributed by atoms with E-state index in [4.69, 9.17) is 9.84 Å². The molecule has 0 aliphatic carbocycles. The maximum atomic E-state index is 12.1. The Bertz CT molecular complexity index is 595. The lowest BCUT2D eigenvalue weighted by Crippen LogP contribution is -2.14. The molecule has 228 valence electrons. The lowest BCUT2D eigenvalue weighted by molar-refractivity contribution is -0.148. The highest BCUT2D eigenvalue weighted by Crippen LogP contribution is 2.15. The number of unbranched alkanes of at least 4 members (excludes halogenated alkanes) is 19. The van der Waals surface area contributed by atoms with Gasteiger partial charge in [0.25, 0.3) is 0 Å². The van der Waals surface area contributed by atoms with Crippen LogP contribution in [0.5, 0.6) is 0 Å². The molecule has 0 spiro atoms. The van der Waals surface area contributed by atoms with Gasteiger partial charge in [-0.05, 0) is 64.7 Å². The molecule has 0 aliphatic rings. The highest BCUT2D eigenvalue weighted by atomic mass is 16.5. The minimum absolute atomic E-state index is 0.0200. The van der Waals surface area contributed by atoms with Crippen LogP contribution in [0.2, 0.25) is 0 Å². The van der Waals surface area contributed by atoms with E-state index in [0.717, 1.165) is 51.4 Å².